The Morgan fingerprint density at radius 2 is 1.58 bits per heavy atom. The lowest BCUT2D eigenvalue weighted by Gasteiger charge is -2.26. The second kappa shape index (κ2) is 11.3. The van der Waals surface area contributed by atoms with Gasteiger partial charge in [0.2, 0.25) is 0 Å². The Morgan fingerprint density at radius 1 is 1.00 bits per heavy atom. The summed E-state index contributed by atoms with van der Waals surface area (Å²) in [5, 5.41) is 3.32. The van der Waals surface area contributed by atoms with Crippen molar-refractivity contribution in [1.82, 2.24) is 10.2 Å². The van der Waals surface area contributed by atoms with Gasteiger partial charge in [0.1, 0.15) is 6.61 Å². The standard InChI is InChI=1S/C13H26N2O4/c1-13(16)12-19-11-10-18-9-8-17-7-6-15-4-2-14-3-5-15/h14H,2-12H2,1H3. The molecule has 0 radical (unpaired) electrons. The summed E-state index contributed by atoms with van der Waals surface area (Å²) in [7, 11) is 0. The van der Waals surface area contributed by atoms with E-state index in [2.05, 4.69) is 10.2 Å². The van der Waals surface area contributed by atoms with Gasteiger partial charge in [0.05, 0.1) is 33.0 Å². The molecule has 1 aliphatic rings. The molecule has 0 bridgehead atoms. The molecule has 0 aliphatic carbocycles. The van der Waals surface area contributed by atoms with Crippen molar-refractivity contribution in [3.63, 3.8) is 0 Å². The van der Waals surface area contributed by atoms with E-state index in [-0.39, 0.29) is 12.4 Å². The van der Waals surface area contributed by atoms with E-state index in [0.717, 1.165) is 39.3 Å². The first-order chi connectivity index (χ1) is 9.29. The lowest BCUT2D eigenvalue weighted by atomic mass is 10.4. The molecule has 1 aliphatic heterocycles. The van der Waals surface area contributed by atoms with E-state index in [1.807, 2.05) is 0 Å². The molecule has 0 aromatic rings. The zero-order valence-electron chi connectivity index (χ0n) is 11.9. The van der Waals surface area contributed by atoms with Gasteiger partial charge in [-0.15, -0.1) is 0 Å². The highest BCUT2D eigenvalue weighted by molar-refractivity contribution is 5.76. The van der Waals surface area contributed by atoms with Crippen LogP contribution in [0.2, 0.25) is 0 Å². The summed E-state index contributed by atoms with van der Waals surface area (Å²) in [6, 6.07) is 0. The molecule has 0 spiro atoms. The number of nitrogens with one attached hydrogen (secondary N) is 1. The molecule has 6 nitrogen and oxygen atoms in total. The first-order valence-electron chi connectivity index (χ1n) is 6.95. The van der Waals surface area contributed by atoms with Crippen molar-refractivity contribution in [2.24, 2.45) is 0 Å². The maximum absolute atomic E-state index is 10.6. The highest BCUT2D eigenvalue weighted by Crippen LogP contribution is 1.91. The summed E-state index contributed by atoms with van der Waals surface area (Å²) in [5.74, 6) is 0.0382. The van der Waals surface area contributed by atoms with Gasteiger partial charge in [-0.05, 0) is 6.92 Å². The van der Waals surface area contributed by atoms with Gasteiger partial charge in [-0.3, -0.25) is 9.69 Å². The maximum atomic E-state index is 10.6. The summed E-state index contributed by atoms with van der Waals surface area (Å²) in [6.07, 6.45) is 0. The number of ether oxygens (including phenoxy) is 3. The molecule has 1 rings (SSSR count). The summed E-state index contributed by atoms with van der Waals surface area (Å²) in [5.41, 5.74) is 0. The molecule has 112 valence electrons. The van der Waals surface area contributed by atoms with Crippen LogP contribution < -0.4 is 5.32 Å². The van der Waals surface area contributed by atoms with E-state index >= 15 is 0 Å². The normalized spacial score (nSPS) is 16.7. The van der Waals surface area contributed by atoms with Gasteiger partial charge in [-0.1, -0.05) is 0 Å². The zero-order valence-corrected chi connectivity index (χ0v) is 11.9. The molecule has 6 heteroatoms. The Kier molecular flexibility index (Phi) is 9.84. The molecule has 19 heavy (non-hydrogen) atoms. The third kappa shape index (κ3) is 9.98. The van der Waals surface area contributed by atoms with E-state index in [1.165, 1.54) is 6.92 Å². The second-order valence-electron chi connectivity index (χ2n) is 4.57. The number of hydrogen-bond acceptors (Lipinski definition) is 6. The van der Waals surface area contributed by atoms with Crippen molar-refractivity contribution >= 4 is 5.78 Å². The van der Waals surface area contributed by atoms with Crippen LogP contribution in [0.25, 0.3) is 0 Å². The van der Waals surface area contributed by atoms with Gasteiger partial charge in [-0.2, -0.15) is 0 Å². The van der Waals surface area contributed by atoms with Crippen LogP contribution in [-0.2, 0) is 19.0 Å². The number of hydrogen-bond donors (Lipinski definition) is 1. The fraction of sp³-hybridized carbons (Fsp3) is 0.923. The zero-order chi connectivity index (χ0) is 13.8. The minimum absolute atomic E-state index is 0.0382. The average Bonchev–Trinajstić information content (AvgIpc) is 2.42. The average molecular weight is 274 g/mol. The molecule has 1 saturated heterocycles. The predicted octanol–water partition coefficient (Wildman–Crippen LogP) is -0.470. The number of Topliss-reactive ketones (excluding diaryl/α,β-unsaturated/α-hetero) is 1. The van der Waals surface area contributed by atoms with Crippen molar-refractivity contribution in [3.05, 3.63) is 0 Å². The maximum Gasteiger partial charge on any atom is 0.155 e. The van der Waals surface area contributed by atoms with Crippen LogP contribution in [0.1, 0.15) is 6.92 Å². The fourth-order valence-electron chi connectivity index (χ4n) is 1.78. The van der Waals surface area contributed by atoms with Crippen LogP contribution in [-0.4, -0.2) is 83.0 Å². The molecule has 1 N–H and O–H groups in total. The Labute approximate surface area is 115 Å². The first-order valence-corrected chi connectivity index (χ1v) is 6.95. The number of nitrogens with zero attached hydrogens (tertiary/aromatic N) is 1. The molecular weight excluding hydrogens is 248 g/mol. The minimum Gasteiger partial charge on any atom is -0.378 e. The van der Waals surface area contributed by atoms with Crippen LogP contribution >= 0.6 is 0 Å². The van der Waals surface area contributed by atoms with E-state index in [1.54, 1.807) is 0 Å². The topological polar surface area (TPSA) is 60.0 Å². The summed E-state index contributed by atoms with van der Waals surface area (Å²) in [4.78, 5) is 13.0. The molecular formula is C13H26N2O4. The molecule has 0 aromatic carbocycles. The van der Waals surface area contributed by atoms with Gasteiger partial charge in [0, 0.05) is 32.7 Å². The van der Waals surface area contributed by atoms with Crippen molar-refractivity contribution in [2.45, 2.75) is 6.92 Å². The summed E-state index contributed by atoms with van der Waals surface area (Å²) < 4.78 is 15.9. The Hall–Kier alpha value is -0.530. The number of carbonyl (C=O) groups excluding carboxylic acids is 1. The third-order valence-corrected chi connectivity index (χ3v) is 2.81. The van der Waals surface area contributed by atoms with Crippen molar-refractivity contribution in [1.29, 1.82) is 0 Å². The van der Waals surface area contributed by atoms with Gasteiger partial charge in [0.25, 0.3) is 0 Å². The molecule has 0 saturated carbocycles. The van der Waals surface area contributed by atoms with Crippen LogP contribution in [0.15, 0.2) is 0 Å². The Bertz CT molecular complexity index is 233. The number of piperazine rings is 1. The SMILES string of the molecule is CC(=O)COCCOCCOCCN1CCNCC1. The quantitative estimate of drug-likeness (QED) is 0.514. The second-order valence-corrected chi connectivity index (χ2v) is 4.57. The predicted molar refractivity (Wildman–Crippen MR) is 72.4 cm³/mol. The largest absolute Gasteiger partial charge is 0.378 e. The van der Waals surface area contributed by atoms with E-state index in [9.17, 15) is 4.79 Å². The fourth-order valence-corrected chi connectivity index (χ4v) is 1.78. The lowest BCUT2D eigenvalue weighted by molar-refractivity contribution is -0.122. The molecule has 0 amide bonds. The number of carbonyl (C=O) groups is 1. The van der Waals surface area contributed by atoms with Gasteiger partial charge in [0.15, 0.2) is 5.78 Å². The smallest absolute Gasteiger partial charge is 0.155 e. The van der Waals surface area contributed by atoms with Crippen LogP contribution in [0.4, 0.5) is 0 Å². The first kappa shape index (κ1) is 16.5. The van der Waals surface area contributed by atoms with Crippen LogP contribution in [0.3, 0.4) is 0 Å². The van der Waals surface area contributed by atoms with Gasteiger partial charge in [-0.25, -0.2) is 0 Å². The van der Waals surface area contributed by atoms with E-state index in [0.29, 0.717) is 26.4 Å². The lowest BCUT2D eigenvalue weighted by Crippen LogP contribution is -2.44. The molecule has 0 unspecified atom stereocenters. The molecule has 0 atom stereocenters. The highest BCUT2D eigenvalue weighted by Gasteiger charge is 2.08. The van der Waals surface area contributed by atoms with Crippen molar-refractivity contribution in [2.75, 3.05) is 72.4 Å². The summed E-state index contributed by atoms with van der Waals surface area (Å²) >= 11 is 0. The van der Waals surface area contributed by atoms with Crippen LogP contribution in [0, 0.1) is 0 Å². The van der Waals surface area contributed by atoms with E-state index in [4.69, 9.17) is 14.2 Å². The highest BCUT2D eigenvalue weighted by atomic mass is 16.5. The minimum atomic E-state index is 0.0382. The molecule has 1 fully saturated rings. The Morgan fingerprint density at radius 3 is 2.21 bits per heavy atom. The van der Waals surface area contributed by atoms with Gasteiger partial charge >= 0.3 is 0 Å². The van der Waals surface area contributed by atoms with Crippen LogP contribution in [0.5, 0.6) is 0 Å². The number of rotatable bonds is 11. The van der Waals surface area contributed by atoms with Crippen molar-refractivity contribution < 1.29 is 19.0 Å². The molecule has 0 aromatic heterocycles. The van der Waals surface area contributed by atoms with E-state index < -0.39 is 0 Å². The van der Waals surface area contributed by atoms with Crippen molar-refractivity contribution in [3.8, 4) is 0 Å². The summed E-state index contributed by atoms with van der Waals surface area (Å²) in [6.45, 7) is 9.93. The Balaban J connectivity index is 1.74. The number of ketones is 1. The van der Waals surface area contributed by atoms with Gasteiger partial charge < -0.3 is 19.5 Å². The molecule has 1 heterocycles. The monoisotopic (exact) mass is 274 g/mol. The third-order valence-electron chi connectivity index (χ3n) is 2.81.